The van der Waals surface area contributed by atoms with Crippen LogP contribution in [0.3, 0.4) is 0 Å². The molecule has 0 N–H and O–H groups in total. The zero-order valence-corrected chi connectivity index (χ0v) is 13.7. The summed E-state index contributed by atoms with van der Waals surface area (Å²) >= 11 is 5.74. The molecule has 0 spiro atoms. The van der Waals surface area contributed by atoms with Crippen LogP contribution >= 0.6 is 12.2 Å². The number of ether oxygens (including phenoxy) is 2. The molecule has 0 aliphatic heterocycles. The fourth-order valence-corrected chi connectivity index (χ4v) is 4.85. The summed E-state index contributed by atoms with van der Waals surface area (Å²) in [4.78, 5) is 0. The molecule has 3 aromatic rings. The van der Waals surface area contributed by atoms with Crippen LogP contribution in [0.2, 0.25) is 0 Å². The van der Waals surface area contributed by atoms with E-state index in [-0.39, 0.29) is 14.7 Å². The van der Waals surface area contributed by atoms with Crippen LogP contribution in [0.5, 0.6) is 11.5 Å². The molecular formula is C15H13NO2SSe. The molecule has 0 fully saturated rings. The molecule has 0 aliphatic carbocycles. The van der Waals surface area contributed by atoms with E-state index in [2.05, 4.69) is 21.8 Å². The molecule has 0 saturated carbocycles. The van der Waals surface area contributed by atoms with E-state index in [1.54, 1.807) is 14.2 Å². The van der Waals surface area contributed by atoms with Gasteiger partial charge in [0.2, 0.25) is 0 Å². The molecule has 1 heterocycles. The second-order valence-corrected chi connectivity index (χ2v) is 6.68. The molecule has 20 heavy (non-hydrogen) atoms. The molecule has 0 saturated heterocycles. The number of rotatable bonds is 3. The Morgan fingerprint density at radius 2 is 1.85 bits per heavy atom. The Kier molecular flexibility index (Phi) is 3.66. The van der Waals surface area contributed by atoms with Gasteiger partial charge in [0.1, 0.15) is 0 Å². The maximum atomic E-state index is 5.61. The molecular weight excluding hydrogens is 337 g/mol. The van der Waals surface area contributed by atoms with Gasteiger partial charge >= 0.3 is 128 Å². The Hall–Kier alpha value is -1.55. The van der Waals surface area contributed by atoms with E-state index in [1.807, 2.05) is 24.3 Å². The van der Waals surface area contributed by atoms with Gasteiger partial charge in [-0.15, -0.1) is 0 Å². The fourth-order valence-electron chi connectivity index (χ4n) is 2.09. The number of hydrogen-bond acceptors (Lipinski definition) is 3. The third-order valence-corrected chi connectivity index (χ3v) is 6.10. The summed E-state index contributed by atoms with van der Waals surface area (Å²) in [5, 5.41) is 1.15. The third kappa shape index (κ3) is 2.18. The summed E-state index contributed by atoms with van der Waals surface area (Å²) in [6.45, 7) is 0. The van der Waals surface area contributed by atoms with Crippen molar-refractivity contribution in [3.05, 3.63) is 47.1 Å². The molecule has 0 aliphatic rings. The molecule has 3 rings (SSSR count). The average Bonchev–Trinajstić information content (AvgIpc) is 2.84. The van der Waals surface area contributed by atoms with E-state index in [1.165, 1.54) is 4.26 Å². The molecule has 1 aromatic heterocycles. The zero-order valence-electron chi connectivity index (χ0n) is 11.1. The number of methoxy groups -OCH3 is 2. The van der Waals surface area contributed by atoms with Crippen LogP contribution in [-0.4, -0.2) is 32.5 Å². The summed E-state index contributed by atoms with van der Waals surface area (Å²) in [7, 11) is 3.33. The van der Waals surface area contributed by atoms with Crippen molar-refractivity contribution >= 4 is 36.6 Å². The minimum atomic E-state index is 0.132. The Morgan fingerprint density at radius 3 is 2.55 bits per heavy atom. The SMILES string of the molecule is COc1ccc(OC)c(-n2[se]c3ccccc3c2=S)c1. The van der Waals surface area contributed by atoms with Crippen molar-refractivity contribution in [3.63, 3.8) is 0 Å². The third-order valence-electron chi connectivity index (χ3n) is 3.10. The first-order valence-corrected chi connectivity index (χ1v) is 8.11. The second kappa shape index (κ2) is 5.44. The van der Waals surface area contributed by atoms with Gasteiger partial charge in [0.05, 0.1) is 0 Å². The van der Waals surface area contributed by atoms with Gasteiger partial charge in [0.15, 0.2) is 0 Å². The molecule has 0 radical (unpaired) electrons. The van der Waals surface area contributed by atoms with Crippen molar-refractivity contribution in [1.82, 2.24) is 3.56 Å². The Balaban J connectivity index is 2.29. The number of fused-ring (bicyclic) bond motifs is 1. The van der Waals surface area contributed by atoms with Crippen molar-refractivity contribution in [2.75, 3.05) is 14.2 Å². The van der Waals surface area contributed by atoms with Crippen molar-refractivity contribution in [2.24, 2.45) is 0 Å². The van der Waals surface area contributed by atoms with Gasteiger partial charge < -0.3 is 0 Å². The molecule has 0 bridgehead atoms. The summed E-state index contributed by atoms with van der Waals surface area (Å²) in [5.74, 6) is 1.61. The minimum absolute atomic E-state index is 0.132. The van der Waals surface area contributed by atoms with Gasteiger partial charge in [-0.1, -0.05) is 0 Å². The van der Waals surface area contributed by atoms with Crippen molar-refractivity contribution < 1.29 is 9.47 Å². The van der Waals surface area contributed by atoms with E-state index in [9.17, 15) is 0 Å². The Bertz CT molecular complexity index is 822. The summed E-state index contributed by atoms with van der Waals surface area (Å²) < 4.78 is 15.1. The summed E-state index contributed by atoms with van der Waals surface area (Å²) in [6.07, 6.45) is 0. The van der Waals surface area contributed by atoms with Gasteiger partial charge in [-0.2, -0.15) is 0 Å². The predicted molar refractivity (Wildman–Crippen MR) is 84.2 cm³/mol. The van der Waals surface area contributed by atoms with Crippen molar-refractivity contribution in [3.8, 4) is 17.2 Å². The molecule has 102 valence electrons. The number of benzene rings is 2. The molecule has 5 heteroatoms. The van der Waals surface area contributed by atoms with Gasteiger partial charge in [0, 0.05) is 0 Å². The van der Waals surface area contributed by atoms with Crippen molar-refractivity contribution in [1.29, 1.82) is 0 Å². The first kappa shape index (κ1) is 13.4. The molecule has 0 unspecified atom stereocenters. The average molecular weight is 350 g/mol. The van der Waals surface area contributed by atoms with E-state index in [0.29, 0.717) is 0 Å². The van der Waals surface area contributed by atoms with Gasteiger partial charge in [0.25, 0.3) is 0 Å². The van der Waals surface area contributed by atoms with Crippen LogP contribution in [-0.2, 0) is 0 Å². The van der Waals surface area contributed by atoms with Crippen LogP contribution in [0.25, 0.3) is 15.3 Å². The van der Waals surface area contributed by atoms with Crippen LogP contribution in [0.15, 0.2) is 42.5 Å². The van der Waals surface area contributed by atoms with E-state index in [4.69, 9.17) is 21.7 Å². The summed E-state index contributed by atoms with van der Waals surface area (Å²) in [6, 6.07) is 14.1. The molecule has 0 atom stereocenters. The van der Waals surface area contributed by atoms with Crippen molar-refractivity contribution in [2.45, 2.75) is 0 Å². The van der Waals surface area contributed by atoms with Crippen LogP contribution in [0.4, 0.5) is 0 Å². The normalized spacial score (nSPS) is 10.7. The maximum absolute atomic E-state index is 5.61. The second-order valence-electron chi connectivity index (χ2n) is 4.22. The number of hydrogen-bond donors (Lipinski definition) is 0. The molecule has 2 aromatic carbocycles. The molecule has 3 nitrogen and oxygen atoms in total. The van der Waals surface area contributed by atoms with Gasteiger partial charge in [-0.3, -0.25) is 0 Å². The number of nitrogens with zero attached hydrogens (tertiary/aromatic N) is 1. The van der Waals surface area contributed by atoms with Gasteiger partial charge in [-0.05, 0) is 0 Å². The molecule has 0 amide bonds. The van der Waals surface area contributed by atoms with Gasteiger partial charge in [-0.25, -0.2) is 0 Å². The zero-order chi connectivity index (χ0) is 14.1. The monoisotopic (exact) mass is 351 g/mol. The predicted octanol–water partition coefficient (Wildman–Crippen LogP) is 3.43. The standard InChI is InChI=1S/C15H13NO2SSe/c1-17-10-7-8-13(18-2)12(9-10)16-15(19)11-5-3-4-6-14(11)20-16/h3-9H,1-2H3. The number of aromatic nitrogens is 1. The quantitative estimate of drug-likeness (QED) is 0.534. The first-order valence-electron chi connectivity index (χ1n) is 6.08. The first-order chi connectivity index (χ1) is 9.74. The van der Waals surface area contributed by atoms with E-state index in [0.717, 1.165) is 27.2 Å². The Labute approximate surface area is 128 Å². The summed E-state index contributed by atoms with van der Waals surface area (Å²) in [5.41, 5.74) is 0.966. The fraction of sp³-hybridized carbons (Fsp3) is 0.133. The topological polar surface area (TPSA) is 23.4 Å². The van der Waals surface area contributed by atoms with E-state index < -0.39 is 0 Å². The van der Waals surface area contributed by atoms with Crippen LogP contribution in [0, 0.1) is 4.64 Å². The van der Waals surface area contributed by atoms with Crippen LogP contribution < -0.4 is 9.47 Å². The van der Waals surface area contributed by atoms with Crippen LogP contribution in [0.1, 0.15) is 0 Å². The van der Waals surface area contributed by atoms with E-state index >= 15 is 0 Å². The Morgan fingerprint density at radius 1 is 1.05 bits per heavy atom.